The van der Waals surface area contributed by atoms with Gasteiger partial charge in [0.1, 0.15) is 0 Å². The van der Waals surface area contributed by atoms with Crippen LogP contribution in [0.3, 0.4) is 0 Å². The molecule has 4 aliphatic rings. The van der Waals surface area contributed by atoms with Gasteiger partial charge in [-0.1, -0.05) is 19.1 Å². The Balaban J connectivity index is 1.25. The van der Waals surface area contributed by atoms with E-state index in [1.54, 1.807) is 0 Å². The number of nitrogens with one attached hydrogen (secondary N) is 2. The predicted octanol–water partition coefficient (Wildman–Crippen LogP) is 3.45. The average molecular weight is 356 g/mol. The molecule has 0 radical (unpaired) electrons. The van der Waals surface area contributed by atoms with Crippen molar-refractivity contribution in [2.24, 2.45) is 23.2 Å². The number of hydroxylamine groups is 1. The lowest BCUT2D eigenvalue weighted by atomic mass is 9.49. The molecule has 0 heterocycles. The van der Waals surface area contributed by atoms with E-state index in [9.17, 15) is 9.59 Å². The normalized spacial score (nSPS) is 31.7. The molecular weight excluding hydrogens is 328 g/mol. The number of anilines is 1. The van der Waals surface area contributed by atoms with Crippen molar-refractivity contribution in [3.05, 3.63) is 29.8 Å². The van der Waals surface area contributed by atoms with E-state index in [1.165, 1.54) is 24.8 Å². The Kier molecular flexibility index (Phi) is 4.74. The Morgan fingerprint density at radius 3 is 2.15 bits per heavy atom. The second-order valence-corrected chi connectivity index (χ2v) is 8.52. The van der Waals surface area contributed by atoms with Gasteiger partial charge in [0, 0.05) is 5.69 Å². The van der Waals surface area contributed by atoms with E-state index >= 15 is 0 Å². The summed E-state index contributed by atoms with van der Waals surface area (Å²) in [6, 6.07) is 7.74. The second-order valence-electron chi connectivity index (χ2n) is 8.52. The van der Waals surface area contributed by atoms with Crippen molar-refractivity contribution in [1.29, 1.82) is 0 Å². The Morgan fingerprint density at radius 2 is 1.62 bits per heavy atom. The molecule has 0 aromatic heterocycles. The molecule has 0 spiro atoms. The first-order chi connectivity index (χ1) is 12.6. The molecule has 2 N–H and O–H groups in total. The lowest BCUT2D eigenvalue weighted by molar-refractivity contribution is -0.160. The molecule has 0 atom stereocenters. The van der Waals surface area contributed by atoms with Crippen molar-refractivity contribution in [3.8, 4) is 0 Å². The highest BCUT2D eigenvalue weighted by molar-refractivity contribution is 5.91. The van der Waals surface area contributed by atoms with Crippen molar-refractivity contribution >= 4 is 17.5 Å². The summed E-state index contributed by atoms with van der Waals surface area (Å²) >= 11 is 0. The minimum Gasteiger partial charge on any atom is -0.324 e. The highest BCUT2D eigenvalue weighted by Gasteiger charge is 2.54. The zero-order valence-corrected chi connectivity index (χ0v) is 15.4. The molecule has 1 aromatic carbocycles. The monoisotopic (exact) mass is 356 g/mol. The number of rotatable bonds is 6. The third-order valence-electron chi connectivity index (χ3n) is 6.53. The Hall–Kier alpha value is -1.88. The van der Waals surface area contributed by atoms with Gasteiger partial charge in [-0.3, -0.25) is 14.4 Å². The molecular formula is C21H28N2O3. The highest BCUT2D eigenvalue weighted by Crippen LogP contribution is 2.60. The molecule has 5 heteroatoms. The fraction of sp³-hybridized carbons (Fsp3) is 0.619. The van der Waals surface area contributed by atoms with Crippen LogP contribution in [0.1, 0.15) is 51.0 Å². The Morgan fingerprint density at radius 1 is 1.04 bits per heavy atom. The zero-order chi connectivity index (χ0) is 18.1. The standard InChI is InChI=1S/C21H28N2O3/c1-2-14-3-5-18(6-4-14)22-19(24)13-26-23-20(25)21-10-15-7-16(11-21)9-17(8-15)12-21/h3-6,15-17H,2,7-13H2,1H3,(H,22,24)(H,23,25). The molecule has 5 nitrogen and oxygen atoms in total. The molecule has 4 saturated carbocycles. The molecule has 140 valence electrons. The summed E-state index contributed by atoms with van der Waals surface area (Å²) < 4.78 is 0. The number of carbonyl (C=O) groups excluding carboxylic acids is 2. The molecule has 1 aromatic rings. The van der Waals surface area contributed by atoms with Gasteiger partial charge in [0.05, 0.1) is 5.41 Å². The molecule has 4 aliphatic carbocycles. The SMILES string of the molecule is CCc1ccc(NC(=O)CONC(=O)C23CC4CC(CC(C4)C2)C3)cc1. The minimum atomic E-state index is -0.264. The summed E-state index contributed by atoms with van der Waals surface area (Å²) in [4.78, 5) is 30.0. The smallest absolute Gasteiger partial charge is 0.253 e. The molecule has 0 saturated heterocycles. The fourth-order valence-electron chi connectivity index (χ4n) is 5.69. The van der Waals surface area contributed by atoms with Crippen molar-refractivity contribution < 1.29 is 14.4 Å². The van der Waals surface area contributed by atoms with Gasteiger partial charge in [0.25, 0.3) is 5.91 Å². The number of hydrogen-bond acceptors (Lipinski definition) is 3. The molecule has 5 rings (SSSR count). The summed E-state index contributed by atoms with van der Waals surface area (Å²) in [5.74, 6) is 1.85. The van der Waals surface area contributed by atoms with Crippen molar-refractivity contribution in [1.82, 2.24) is 5.48 Å². The van der Waals surface area contributed by atoms with Crippen molar-refractivity contribution in [3.63, 3.8) is 0 Å². The van der Waals surface area contributed by atoms with E-state index in [1.807, 2.05) is 24.3 Å². The lowest BCUT2D eigenvalue weighted by Gasteiger charge is -2.55. The van der Waals surface area contributed by atoms with Gasteiger partial charge in [0.15, 0.2) is 6.61 Å². The number of amides is 2. The van der Waals surface area contributed by atoms with Crippen LogP contribution < -0.4 is 10.8 Å². The first-order valence-electron chi connectivity index (χ1n) is 9.87. The average Bonchev–Trinajstić information content (AvgIpc) is 2.61. The summed E-state index contributed by atoms with van der Waals surface area (Å²) in [5.41, 5.74) is 4.29. The third kappa shape index (κ3) is 3.50. The fourth-order valence-corrected chi connectivity index (χ4v) is 5.69. The van der Waals surface area contributed by atoms with Gasteiger partial charge < -0.3 is 5.32 Å². The number of aryl methyl sites for hydroxylation is 1. The lowest BCUT2D eigenvalue weighted by Crippen LogP contribution is -2.53. The summed E-state index contributed by atoms with van der Waals surface area (Å²) in [6.45, 7) is 1.92. The Bertz CT molecular complexity index is 648. The maximum Gasteiger partial charge on any atom is 0.253 e. The van der Waals surface area contributed by atoms with Crippen LogP contribution in [0.5, 0.6) is 0 Å². The highest BCUT2D eigenvalue weighted by atomic mass is 16.7. The molecule has 0 aliphatic heterocycles. The molecule has 4 fully saturated rings. The van der Waals surface area contributed by atoms with E-state index in [4.69, 9.17) is 4.84 Å². The summed E-state index contributed by atoms with van der Waals surface area (Å²) in [6.07, 6.45) is 7.83. The zero-order valence-electron chi connectivity index (χ0n) is 15.4. The van der Waals surface area contributed by atoms with Gasteiger partial charge >= 0.3 is 0 Å². The largest absolute Gasteiger partial charge is 0.324 e. The van der Waals surface area contributed by atoms with Gasteiger partial charge in [-0.05, 0) is 80.4 Å². The van der Waals surface area contributed by atoms with Gasteiger partial charge in [0.2, 0.25) is 5.91 Å². The van der Waals surface area contributed by atoms with Crippen LogP contribution in [0.2, 0.25) is 0 Å². The van der Waals surface area contributed by atoms with Crippen molar-refractivity contribution in [2.75, 3.05) is 11.9 Å². The number of carbonyl (C=O) groups is 2. The molecule has 0 unspecified atom stereocenters. The first kappa shape index (κ1) is 17.5. The van der Waals surface area contributed by atoms with Gasteiger partial charge in [-0.15, -0.1) is 0 Å². The number of hydrogen-bond donors (Lipinski definition) is 2. The van der Waals surface area contributed by atoms with E-state index < -0.39 is 0 Å². The number of benzene rings is 1. The first-order valence-corrected chi connectivity index (χ1v) is 9.87. The van der Waals surface area contributed by atoms with Gasteiger partial charge in [-0.2, -0.15) is 0 Å². The quantitative estimate of drug-likeness (QED) is 0.767. The van der Waals surface area contributed by atoms with Crippen LogP contribution in [-0.4, -0.2) is 18.4 Å². The van der Waals surface area contributed by atoms with E-state index in [-0.39, 0.29) is 23.8 Å². The molecule has 26 heavy (non-hydrogen) atoms. The van der Waals surface area contributed by atoms with Crippen LogP contribution in [0, 0.1) is 23.2 Å². The third-order valence-corrected chi connectivity index (χ3v) is 6.53. The maximum atomic E-state index is 12.7. The predicted molar refractivity (Wildman–Crippen MR) is 99.1 cm³/mol. The topological polar surface area (TPSA) is 67.4 Å². The summed E-state index contributed by atoms with van der Waals surface area (Å²) in [5, 5.41) is 2.79. The van der Waals surface area contributed by atoms with E-state index in [0.717, 1.165) is 31.4 Å². The van der Waals surface area contributed by atoms with Gasteiger partial charge in [-0.25, -0.2) is 5.48 Å². The molecule has 4 bridgehead atoms. The second kappa shape index (κ2) is 7.03. The molecule has 2 amide bonds. The van der Waals surface area contributed by atoms with Crippen LogP contribution in [0.4, 0.5) is 5.69 Å². The minimum absolute atomic E-state index is 0.0169. The van der Waals surface area contributed by atoms with Crippen LogP contribution in [0.25, 0.3) is 0 Å². The van der Waals surface area contributed by atoms with Crippen LogP contribution in [-0.2, 0) is 20.8 Å². The maximum absolute atomic E-state index is 12.7. The van der Waals surface area contributed by atoms with Crippen LogP contribution in [0.15, 0.2) is 24.3 Å². The van der Waals surface area contributed by atoms with Crippen LogP contribution >= 0.6 is 0 Å². The van der Waals surface area contributed by atoms with E-state index in [0.29, 0.717) is 17.8 Å². The Labute approximate surface area is 154 Å². The summed E-state index contributed by atoms with van der Waals surface area (Å²) in [7, 11) is 0. The van der Waals surface area contributed by atoms with Crippen molar-refractivity contribution in [2.45, 2.75) is 51.9 Å². The van der Waals surface area contributed by atoms with E-state index in [2.05, 4.69) is 17.7 Å².